The zero-order chi connectivity index (χ0) is 15.6. The Morgan fingerprint density at radius 2 is 1.87 bits per heavy atom. The van der Waals surface area contributed by atoms with Gasteiger partial charge in [0.15, 0.2) is 0 Å². The molecule has 1 unspecified atom stereocenters. The molecule has 0 amide bonds. The Morgan fingerprint density at radius 1 is 1.04 bits per heavy atom. The van der Waals surface area contributed by atoms with E-state index < -0.39 is 0 Å². The second-order valence-corrected chi connectivity index (χ2v) is 5.76. The molecule has 1 fully saturated rings. The van der Waals surface area contributed by atoms with E-state index >= 15 is 0 Å². The van der Waals surface area contributed by atoms with Gasteiger partial charge in [0.1, 0.15) is 6.23 Å². The van der Waals surface area contributed by atoms with E-state index in [9.17, 15) is 0 Å². The number of ether oxygens (including phenoxy) is 1. The first-order valence-corrected chi connectivity index (χ1v) is 7.87. The Morgan fingerprint density at radius 3 is 2.70 bits per heavy atom. The summed E-state index contributed by atoms with van der Waals surface area (Å²) in [5.74, 6) is 0. The van der Waals surface area contributed by atoms with Crippen molar-refractivity contribution in [1.82, 2.24) is 19.6 Å². The molecule has 23 heavy (non-hydrogen) atoms. The minimum absolute atomic E-state index is 0.0531. The molecule has 3 aromatic rings. The van der Waals surface area contributed by atoms with Crippen molar-refractivity contribution >= 4 is 5.69 Å². The second kappa shape index (κ2) is 5.89. The summed E-state index contributed by atoms with van der Waals surface area (Å²) >= 11 is 0. The summed E-state index contributed by atoms with van der Waals surface area (Å²) in [5, 5.41) is 8.86. The molecule has 0 spiro atoms. The van der Waals surface area contributed by atoms with Crippen LogP contribution >= 0.6 is 0 Å². The molecule has 6 heteroatoms. The molecule has 0 radical (unpaired) electrons. The third-order valence-electron chi connectivity index (χ3n) is 4.15. The molecule has 6 nitrogen and oxygen atoms in total. The molecule has 2 N–H and O–H groups in total. The van der Waals surface area contributed by atoms with Crippen molar-refractivity contribution < 1.29 is 4.74 Å². The molecule has 0 bridgehead atoms. The van der Waals surface area contributed by atoms with Crippen molar-refractivity contribution in [2.24, 2.45) is 0 Å². The summed E-state index contributed by atoms with van der Waals surface area (Å²) in [6, 6.07) is 7.68. The van der Waals surface area contributed by atoms with Gasteiger partial charge in [0.05, 0.1) is 23.8 Å². The predicted octanol–water partition coefficient (Wildman–Crippen LogP) is 3.02. The van der Waals surface area contributed by atoms with Crippen LogP contribution in [0.25, 0.3) is 16.8 Å². The zero-order valence-corrected chi connectivity index (χ0v) is 12.8. The third kappa shape index (κ3) is 2.73. The number of rotatable bonds is 3. The van der Waals surface area contributed by atoms with Crippen molar-refractivity contribution in [1.29, 1.82) is 0 Å². The quantitative estimate of drug-likeness (QED) is 0.755. The van der Waals surface area contributed by atoms with Gasteiger partial charge in [-0.05, 0) is 31.4 Å². The molecule has 118 valence electrons. The summed E-state index contributed by atoms with van der Waals surface area (Å²) in [4.78, 5) is 0. The van der Waals surface area contributed by atoms with Gasteiger partial charge in [0.2, 0.25) is 0 Å². The maximum absolute atomic E-state index is 6.01. The van der Waals surface area contributed by atoms with E-state index in [0.29, 0.717) is 5.69 Å². The van der Waals surface area contributed by atoms with Crippen molar-refractivity contribution in [2.45, 2.75) is 25.5 Å². The van der Waals surface area contributed by atoms with Crippen LogP contribution < -0.4 is 5.73 Å². The lowest BCUT2D eigenvalue weighted by molar-refractivity contribution is -0.0394. The zero-order valence-electron chi connectivity index (χ0n) is 12.8. The molecule has 1 aliphatic heterocycles. The Kier molecular flexibility index (Phi) is 3.59. The van der Waals surface area contributed by atoms with Crippen LogP contribution in [0.1, 0.15) is 25.5 Å². The molecule has 3 heterocycles. The van der Waals surface area contributed by atoms with Crippen LogP contribution in [0.4, 0.5) is 5.69 Å². The number of para-hydroxylation sites is 2. The van der Waals surface area contributed by atoms with Crippen LogP contribution in [0.15, 0.2) is 49.1 Å². The first-order valence-electron chi connectivity index (χ1n) is 7.87. The fourth-order valence-corrected chi connectivity index (χ4v) is 2.88. The molecule has 1 aliphatic rings. The standard InChI is InChI=1S/C17H19N5O/c18-15-5-1-2-6-16(15)21-11-13(9-19-21)14-10-20-22(12-14)17-7-3-4-8-23-17/h1-2,5-6,9-12,17H,3-4,7-8,18H2. The summed E-state index contributed by atoms with van der Waals surface area (Å²) in [7, 11) is 0. The lowest BCUT2D eigenvalue weighted by atomic mass is 10.2. The lowest BCUT2D eigenvalue weighted by Gasteiger charge is -2.22. The minimum atomic E-state index is 0.0531. The molecule has 1 saturated heterocycles. The van der Waals surface area contributed by atoms with Crippen LogP contribution in [0.2, 0.25) is 0 Å². The van der Waals surface area contributed by atoms with Crippen LogP contribution in [-0.2, 0) is 4.74 Å². The molecule has 4 rings (SSSR count). The number of aromatic nitrogens is 4. The number of nitrogens with zero attached hydrogens (tertiary/aromatic N) is 4. The molecule has 1 atom stereocenters. The number of benzene rings is 1. The van der Waals surface area contributed by atoms with Gasteiger partial charge >= 0.3 is 0 Å². The number of hydrogen-bond donors (Lipinski definition) is 1. The summed E-state index contributed by atoms with van der Waals surface area (Å²) < 4.78 is 9.46. The Balaban J connectivity index is 1.60. The lowest BCUT2D eigenvalue weighted by Crippen LogP contribution is -2.18. The first kappa shape index (κ1) is 14.0. The number of nitrogens with two attached hydrogens (primary N) is 1. The average molecular weight is 309 g/mol. The first-order chi connectivity index (χ1) is 11.3. The van der Waals surface area contributed by atoms with Crippen LogP contribution in [0.5, 0.6) is 0 Å². The van der Waals surface area contributed by atoms with Gasteiger partial charge in [-0.3, -0.25) is 0 Å². The van der Waals surface area contributed by atoms with E-state index in [2.05, 4.69) is 10.2 Å². The molecular weight excluding hydrogens is 290 g/mol. The largest absolute Gasteiger partial charge is 0.397 e. The Labute approximate surface area is 134 Å². The Hall–Kier alpha value is -2.60. The molecule has 2 aromatic heterocycles. The number of anilines is 1. The topological polar surface area (TPSA) is 70.9 Å². The van der Waals surface area contributed by atoms with Crippen LogP contribution in [0.3, 0.4) is 0 Å². The molecule has 0 aliphatic carbocycles. The van der Waals surface area contributed by atoms with Crippen molar-refractivity contribution in [2.75, 3.05) is 12.3 Å². The minimum Gasteiger partial charge on any atom is -0.397 e. The van der Waals surface area contributed by atoms with E-state index in [4.69, 9.17) is 10.5 Å². The molecular formula is C17H19N5O. The highest BCUT2D eigenvalue weighted by atomic mass is 16.5. The number of hydrogen-bond acceptors (Lipinski definition) is 4. The summed E-state index contributed by atoms with van der Waals surface area (Å²) in [6.07, 6.45) is 11.1. The molecule has 1 aromatic carbocycles. The predicted molar refractivity (Wildman–Crippen MR) is 88.0 cm³/mol. The van der Waals surface area contributed by atoms with Gasteiger partial charge in [0.25, 0.3) is 0 Å². The maximum Gasteiger partial charge on any atom is 0.150 e. The van der Waals surface area contributed by atoms with Crippen LogP contribution in [-0.4, -0.2) is 26.2 Å². The van der Waals surface area contributed by atoms with Crippen molar-refractivity contribution in [3.05, 3.63) is 49.1 Å². The fourth-order valence-electron chi connectivity index (χ4n) is 2.88. The van der Waals surface area contributed by atoms with Crippen molar-refractivity contribution in [3.8, 4) is 16.8 Å². The van der Waals surface area contributed by atoms with E-state index in [1.54, 1.807) is 4.68 Å². The second-order valence-electron chi connectivity index (χ2n) is 5.76. The maximum atomic E-state index is 6.01. The average Bonchev–Trinajstić information content (AvgIpc) is 3.25. The highest BCUT2D eigenvalue weighted by Crippen LogP contribution is 2.26. The van der Waals surface area contributed by atoms with Crippen molar-refractivity contribution in [3.63, 3.8) is 0 Å². The third-order valence-corrected chi connectivity index (χ3v) is 4.15. The normalized spacial score (nSPS) is 18.2. The number of nitrogen functional groups attached to an aromatic ring is 1. The van der Waals surface area contributed by atoms with E-state index in [1.807, 2.05) is 53.7 Å². The van der Waals surface area contributed by atoms with Gasteiger partial charge in [-0.15, -0.1) is 0 Å². The van der Waals surface area contributed by atoms with Crippen LogP contribution in [0, 0.1) is 0 Å². The van der Waals surface area contributed by atoms with Gasteiger partial charge in [-0.2, -0.15) is 10.2 Å². The SMILES string of the molecule is Nc1ccccc1-n1cc(-c2cnn(C3CCCCO3)c2)cn1. The van der Waals surface area contributed by atoms with E-state index in [1.165, 1.54) is 6.42 Å². The Bertz CT molecular complexity index is 801. The van der Waals surface area contributed by atoms with Gasteiger partial charge < -0.3 is 10.5 Å². The van der Waals surface area contributed by atoms with Gasteiger partial charge in [-0.1, -0.05) is 12.1 Å². The van der Waals surface area contributed by atoms with E-state index in [0.717, 1.165) is 36.3 Å². The van der Waals surface area contributed by atoms with E-state index in [-0.39, 0.29) is 6.23 Å². The monoisotopic (exact) mass is 309 g/mol. The smallest absolute Gasteiger partial charge is 0.150 e. The fraction of sp³-hybridized carbons (Fsp3) is 0.294. The highest BCUT2D eigenvalue weighted by Gasteiger charge is 2.17. The summed E-state index contributed by atoms with van der Waals surface area (Å²) in [5.41, 5.74) is 9.62. The molecule has 0 saturated carbocycles. The van der Waals surface area contributed by atoms with Gasteiger partial charge in [-0.25, -0.2) is 9.36 Å². The highest BCUT2D eigenvalue weighted by molar-refractivity contribution is 5.63. The van der Waals surface area contributed by atoms with Gasteiger partial charge in [0, 0.05) is 30.1 Å². The summed E-state index contributed by atoms with van der Waals surface area (Å²) in [6.45, 7) is 0.811.